The van der Waals surface area contributed by atoms with E-state index in [0.29, 0.717) is 5.69 Å². The van der Waals surface area contributed by atoms with Crippen LogP contribution in [0.25, 0.3) is 5.65 Å². The summed E-state index contributed by atoms with van der Waals surface area (Å²) in [6, 6.07) is 5.74. The fraction of sp³-hybridized carbons (Fsp3) is 0.300. The average Bonchev–Trinajstić information content (AvgIpc) is 2.61. The van der Waals surface area contributed by atoms with E-state index >= 15 is 0 Å². The van der Waals surface area contributed by atoms with E-state index in [9.17, 15) is 0 Å². The molecule has 4 nitrogen and oxygen atoms in total. The van der Waals surface area contributed by atoms with Crippen LogP contribution >= 0.6 is 0 Å². The van der Waals surface area contributed by atoms with Gasteiger partial charge in [-0.2, -0.15) is 0 Å². The molecule has 3 N–H and O–H groups in total. The summed E-state index contributed by atoms with van der Waals surface area (Å²) in [5.74, 6) is 0. The molecule has 0 amide bonds. The molecule has 2 heterocycles. The second-order valence-corrected chi connectivity index (χ2v) is 3.67. The van der Waals surface area contributed by atoms with Gasteiger partial charge in [0, 0.05) is 12.4 Å². The Morgan fingerprint density at radius 3 is 3.00 bits per heavy atom. The van der Waals surface area contributed by atoms with E-state index in [2.05, 4.69) is 4.98 Å². The summed E-state index contributed by atoms with van der Waals surface area (Å²) in [6.07, 6.45) is 3.74. The van der Waals surface area contributed by atoms with Crippen molar-refractivity contribution in [1.29, 1.82) is 0 Å². The Labute approximate surface area is 82.0 Å². The molecule has 74 valence electrons. The number of nitrogens with two attached hydrogens (primary N) is 1. The number of hydrogen-bond acceptors (Lipinski definition) is 3. The molecule has 2 aromatic rings. The highest BCUT2D eigenvalue weighted by atomic mass is 16.3. The number of rotatable bonds is 2. The number of imidazole rings is 1. The van der Waals surface area contributed by atoms with Crippen LogP contribution in [0.2, 0.25) is 0 Å². The van der Waals surface area contributed by atoms with Crippen LogP contribution in [0.5, 0.6) is 0 Å². The molecule has 0 aliphatic rings. The monoisotopic (exact) mass is 191 g/mol. The van der Waals surface area contributed by atoms with E-state index in [-0.39, 0.29) is 6.61 Å². The van der Waals surface area contributed by atoms with Crippen molar-refractivity contribution in [1.82, 2.24) is 9.38 Å². The Morgan fingerprint density at radius 2 is 2.36 bits per heavy atom. The predicted molar refractivity (Wildman–Crippen MR) is 53.8 cm³/mol. The highest BCUT2D eigenvalue weighted by Crippen LogP contribution is 2.16. The normalized spacial score (nSPS) is 15.6. The van der Waals surface area contributed by atoms with Crippen LogP contribution in [0.3, 0.4) is 0 Å². The molecule has 0 spiro atoms. The highest BCUT2D eigenvalue weighted by molar-refractivity contribution is 5.40. The molecule has 0 bridgehead atoms. The van der Waals surface area contributed by atoms with Gasteiger partial charge in [-0.25, -0.2) is 4.98 Å². The van der Waals surface area contributed by atoms with Crippen molar-refractivity contribution in [3.63, 3.8) is 0 Å². The van der Waals surface area contributed by atoms with E-state index in [4.69, 9.17) is 10.8 Å². The zero-order valence-electron chi connectivity index (χ0n) is 8.01. The van der Waals surface area contributed by atoms with Crippen molar-refractivity contribution in [2.24, 2.45) is 5.73 Å². The Morgan fingerprint density at radius 1 is 1.57 bits per heavy atom. The molecule has 14 heavy (non-hydrogen) atoms. The molecular weight excluding hydrogens is 178 g/mol. The summed E-state index contributed by atoms with van der Waals surface area (Å²) in [7, 11) is 0. The van der Waals surface area contributed by atoms with Crippen LogP contribution in [-0.2, 0) is 5.54 Å². The van der Waals surface area contributed by atoms with Gasteiger partial charge in [-0.15, -0.1) is 0 Å². The van der Waals surface area contributed by atoms with E-state index in [1.807, 2.05) is 35.0 Å². The summed E-state index contributed by atoms with van der Waals surface area (Å²) in [5, 5.41) is 9.10. The number of aromatic nitrogens is 2. The Balaban J connectivity index is 2.55. The lowest BCUT2D eigenvalue weighted by Crippen LogP contribution is -2.37. The topological polar surface area (TPSA) is 63.5 Å². The van der Waals surface area contributed by atoms with Gasteiger partial charge in [0.25, 0.3) is 0 Å². The number of pyridine rings is 1. The smallest absolute Gasteiger partial charge is 0.137 e. The van der Waals surface area contributed by atoms with E-state index in [0.717, 1.165) is 5.65 Å². The summed E-state index contributed by atoms with van der Waals surface area (Å²) >= 11 is 0. The maximum Gasteiger partial charge on any atom is 0.137 e. The van der Waals surface area contributed by atoms with Gasteiger partial charge >= 0.3 is 0 Å². The van der Waals surface area contributed by atoms with Gasteiger partial charge in [-0.1, -0.05) is 6.07 Å². The molecule has 0 radical (unpaired) electrons. The standard InChI is InChI=1S/C10H13N3O/c1-10(11,7-14)8-6-13-5-3-2-4-9(13)12-8/h2-6,14H,7,11H2,1H3. The van der Waals surface area contributed by atoms with Crippen molar-refractivity contribution in [3.8, 4) is 0 Å². The minimum atomic E-state index is -0.772. The maximum absolute atomic E-state index is 9.10. The van der Waals surface area contributed by atoms with Gasteiger partial charge in [0.15, 0.2) is 0 Å². The predicted octanol–water partition coefficient (Wildman–Crippen LogP) is 0.500. The molecule has 0 aromatic carbocycles. The van der Waals surface area contributed by atoms with Gasteiger partial charge in [-0.3, -0.25) is 0 Å². The second-order valence-electron chi connectivity index (χ2n) is 3.67. The van der Waals surface area contributed by atoms with Gasteiger partial charge < -0.3 is 15.2 Å². The summed E-state index contributed by atoms with van der Waals surface area (Å²) < 4.78 is 1.89. The number of nitrogens with zero attached hydrogens (tertiary/aromatic N) is 2. The van der Waals surface area contributed by atoms with Gasteiger partial charge in [0.2, 0.25) is 0 Å². The third kappa shape index (κ3) is 1.38. The summed E-state index contributed by atoms with van der Waals surface area (Å²) in [6.45, 7) is 1.64. The molecular formula is C10H13N3O. The lowest BCUT2D eigenvalue weighted by atomic mass is 10.0. The zero-order chi connectivity index (χ0) is 10.2. The Bertz CT molecular complexity index is 414. The van der Waals surface area contributed by atoms with Crippen molar-refractivity contribution in [3.05, 3.63) is 36.3 Å². The van der Waals surface area contributed by atoms with Crippen molar-refractivity contribution in [2.45, 2.75) is 12.5 Å². The first-order chi connectivity index (χ1) is 6.63. The third-order valence-electron chi connectivity index (χ3n) is 2.28. The largest absolute Gasteiger partial charge is 0.394 e. The lowest BCUT2D eigenvalue weighted by Gasteiger charge is -2.18. The van der Waals surface area contributed by atoms with Crippen LogP contribution < -0.4 is 5.73 Å². The van der Waals surface area contributed by atoms with Crippen molar-refractivity contribution in [2.75, 3.05) is 6.61 Å². The first kappa shape index (κ1) is 9.18. The molecule has 4 heteroatoms. The number of hydrogen-bond donors (Lipinski definition) is 2. The highest BCUT2D eigenvalue weighted by Gasteiger charge is 2.23. The molecule has 0 saturated carbocycles. The molecule has 0 aliphatic heterocycles. The zero-order valence-corrected chi connectivity index (χ0v) is 8.01. The minimum Gasteiger partial charge on any atom is -0.394 e. The molecule has 0 fully saturated rings. The molecule has 2 rings (SSSR count). The van der Waals surface area contributed by atoms with Crippen LogP contribution in [0.15, 0.2) is 30.6 Å². The Hall–Kier alpha value is -1.39. The van der Waals surface area contributed by atoms with Crippen LogP contribution in [0.1, 0.15) is 12.6 Å². The number of aliphatic hydroxyl groups excluding tert-OH is 1. The van der Waals surface area contributed by atoms with Gasteiger partial charge in [-0.05, 0) is 19.1 Å². The van der Waals surface area contributed by atoms with Crippen molar-refractivity contribution < 1.29 is 5.11 Å². The van der Waals surface area contributed by atoms with Crippen molar-refractivity contribution >= 4 is 5.65 Å². The first-order valence-electron chi connectivity index (χ1n) is 4.47. The minimum absolute atomic E-state index is 0.114. The van der Waals surface area contributed by atoms with Crippen LogP contribution in [0, 0.1) is 0 Å². The SMILES string of the molecule is CC(N)(CO)c1cn2ccccc2n1. The van der Waals surface area contributed by atoms with E-state index in [1.54, 1.807) is 6.92 Å². The quantitative estimate of drug-likeness (QED) is 0.726. The maximum atomic E-state index is 9.10. The fourth-order valence-corrected chi connectivity index (χ4v) is 1.29. The number of fused-ring (bicyclic) bond motifs is 1. The summed E-state index contributed by atoms with van der Waals surface area (Å²) in [4.78, 5) is 4.33. The Kier molecular flexibility index (Phi) is 2.02. The molecule has 1 unspecified atom stereocenters. The molecule has 2 aromatic heterocycles. The molecule has 0 saturated heterocycles. The molecule has 1 atom stereocenters. The van der Waals surface area contributed by atoms with Crippen LogP contribution in [0.4, 0.5) is 0 Å². The molecule has 0 aliphatic carbocycles. The van der Waals surface area contributed by atoms with Gasteiger partial charge in [0.05, 0.1) is 17.8 Å². The van der Waals surface area contributed by atoms with E-state index in [1.165, 1.54) is 0 Å². The second kappa shape index (κ2) is 3.08. The lowest BCUT2D eigenvalue weighted by molar-refractivity contribution is 0.207. The summed E-state index contributed by atoms with van der Waals surface area (Å²) in [5.41, 5.74) is 6.64. The average molecular weight is 191 g/mol. The van der Waals surface area contributed by atoms with Gasteiger partial charge in [0.1, 0.15) is 5.65 Å². The fourth-order valence-electron chi connectivity index (χ4n) is 1.29. The van der Waals surface area contributed by atoms with E-state index < -0.39 is 5.54 Å². The van der Waals surface area contributed by atoms with Crippen LogP contribution in [-0.4, -0.2) is 21.1 Å². The first-order valence-corrected chi connectivity index (χ1v) is 4.47. The number of aliphatic hydroxyl groups is 1. The third-order valence-corrected chi connectivity index (χ3v) is 2.28.